The molecular formula is C31H38Cl2N6O9. The molecule has 17 heteroatoms. The van der Waals surface area contributed by atoms with Gasteiger partial charge in [-0.3, -0.25) is 19.7 Å². The second-order valence-electron chi connectivity index (χ2n) is 11.9. The van der Waals surface area contributed by atoms with E-state index in [1.54, 1.807) is 47.6 Å². The van der Waals surface area contributed by atoms with Crippen molar-refractivity contribution in [2.45, 2.75) is 58.8 Å². The Kier molecular flexibility index (Phi) is 14.2. The molecule has 0 saturated heterocycles. The Morgan fingerprint density at radius 1 is 0.833 bits per heavy atom. The highest BCUT2D eigenvalue weighted by atomic mass is 35.5. The zero-order valence-electron chi connectivity index (χ0n) is 27.4. The number of hydrogen-bond donors (Lipinski definition) is 5. The molecule has 0 fully saturated rings. The first kappa shape index (κ1) is 39.3. The molecule has 5 amide bonds. The van der Waals surface area contributed by atoms with Crippen molar-refractivity contribution in [3.05, 3.63) is 63.6 Å². The number of rotatable bonds is 9. The number of carbonyl (C=O) groups is 6. The van der Waals surface area contributed by atoms with E-state index in [0.717, 1.165) is 7.11 Å². The first-order chi connectivity index (χ1) is 22.3. The molecule has 48 heavy (non-hydrogen) atoms. The molecule has 1 atom stereocenters. The largest absolute Gasteiger partial charge is 0.467 e. The molecule has 0 bridgehead atoms. The Labute approximate surface area is 287 Å². The average Bonchev–Trinajstić information content (AvgIpc) is 2.95. The lowest BCUT2D eigenvalue weighted by molar-refractivity contribution is -0.142. The van der Waals surface area contributed by atoms with E-state index < -0.39 is 59.7 Å². The quantitative estimate of drug-likeness (QED) is 0.109. The zero-order chi connectivity index (χ0) is 36.2. The molecule has 5 N–H and O–H groups in total. The van der Waals surface area contributed by atoms with Crippen LogP contribution in [0.4, 0.5) is 15.3 Å². The highest BCUT2D eigenvalue weighted by Crippen LogP contribution is 2.24. The van der Waals surface area contributed by atoms with Crippen molar-refractivity contribution in [2.75, 3.05) is 25.5 Å². The van der Waals surface area contributed by atoms with Crippen molar-refractivity contribution in [2.24, 2.45) is 4.99 Å². The second-order valence-corrected chi connectivity index (χ2v) is 12.7. The minimum absolute atomic E-state index is 0.0560. The summed E-state index contributed by atoms with van der Waals surface area (Å²) in [5.74, 6) is -3.30. The number of anilines is 1. The Morgan fingerprint density at radius 3 is 2.02 bits per heavy atom. The number of esters is 1. The summed E-state index contributed by atoms with van der Waals surface area (Å²) >= 11 is 12.1. The van der Waals surface area contributed by atoms with Gasteiger partial charge in [0, 0.05) is 17.8 Å². The second kappa shape index (κ2) is 17.3. The first-order valence-electron chi connectivity index (χ1n) is 14.3. The van der Waals surface area contributed by atoms with Crippen LogP contribution >= 0.6 is 23.2 Å². The molecule has 0 aliphatic rings. The summed E-state index contributed by atoms with van der Waals surface area (Å²) in [6, 6.07) is 9.00. The van der Waals surface area contributed by atoms with E-state index in [1.165, 1.54) is 36.4 Å². The molecule has 2 aromatic rings. The fourth-order valence-electron chi connectivity index (χ4n) is 3.56. The first-order valence-corrected chi connectivity index (χ1v) is 15.1. The number of halogens is 2. The number of hydrogen-bond acceptors (Lipinski definition) is 9. The molecular weight excluding hydrogens is 671 g/mol. The van der Waals surface area contributed by atoms with Gasteiger partial charge in [0.25, 0.3) is 11.8 Å². The summed E-state index contributed by atoms with van der Waals surface area (Å²) in [4.78, 5) is 78.8. The molecule has 260 valence electrons. The molecule has 2 rings (SSSR count). The van der Waals surface area contributed by atoms with Crippen LogP contribution in [0.5, 0.6) is 0 Å². The number of carbonyl (C=O) groups excluding carboxylic acids is 6. The number of benzene rings is 2. The van der Waals surface area contributed by atoms with Crippen molar-refractivity contribution in [3.63, 3.8) is 0 Å². The molecule has 15 nitrogen and oxygen atoms in total. The highest BCUT2D eigenvalue weighted by molar-refractivity contribution is 6.39. The predicted octanol–water partition coefficient (Wildman–Crippen LogP) is 4.04. The standard InChI is InChI=1S/C31H38Cl2N6O9/c1-30(2,3)47-28(44)38-27(39-29(45)48-31(4,5)6)36-18-11-8-10-17(14-18)24(41)35-16-22(40)34-15-21(26(43)46-7)37-25(42)23-19(32)12-9-13-20(23)33/h8-14,21H,15-16H2,1-7H3,(H,34,40)(H,35,41)(H,37,42)(H2,36,38,39,44,45)/t21-/m0/s1. The van der Waals surface area contributed by atoms with Crippen molar-refractivity contribution in [1.29, 1.82) is 0 Å². The number of ether oxygens (including phenoxy) is 3. The van der Waals surface area contributed by atoms with Gasteiger partial charge in [-0.1, -0.05) is 35.3 Å². The smallest absolute Gasteiger partial charge is 0.437 e. The third-order valence-electron chi connectivity index (χ3n) is 5.50. The van der Waals surface area contributed by atoms with Crippen molar-refractivity contribution < 1.29 is 43.0 Å². The van der Waals surface area contributed by atoms with Crippen LogP contribution in [-0.2, 0) is 23.8 Å². The summed E-state index contributed by atoms with van der Waals surface area (Å²) in [5.41, 5.74) is -1.43. The van der Waals surface area contributed by atoms with Gasteiger partial charge >= 0.3 is 18.2 Å². The lowest BCUT2D eigenvalue weighted by Crippen LogP contribution is -2.50. The van der Waals surface area contributed by atoms with Crippen molar-refractivity contribution in [1.82, 2.24) is 21.3 Å². The molecule has 0 aliphatic carbocycles. The molecule has 0 aliphatic heterocycles. The predicted molar refractivity (Wildman–Crippen MR) is 178 cm³/mol. The molecule has 0 aromatic heterocycles. The summed E-state index contributed by atoms with van der Waals surface area (Å²) in [6.07, 6.45) is -1.90. The Bertz CT molecular complexity index is 1550. The SMILES string of the molecule is COC(=O)[C@H](CNC(=O)CNC(=O)c1cccc(N/C(=N/C(=O)OC(C)(C)C)NC(=O)OC(C)(C)C)c1)NC(=O)c1c(Cl)cccc1Cl. The van der Waals surface area contributed by atoms with Gasteiger partial charge in [0.2, 0.25) is 11.9 Å². The lowest BCUT2D eigenvalue weighted by atomic mass is 10.2. The monoisotopic (exact) mass is 708 g/mol. The minimum Gasteiger partial charge on any atom is -0.467 e. The minimum atomic E-state index is -1.30. The summed E-state index contributed by atoms with van der Waals surface area (Å²) < 4.78 is 15.1. The molecule has 0 unspecified atom stereocenters. The average molecular weight is 710 g/mol. The third kappa shape index (κ3) is 13.8. The van der Waals surface area contributed by atoms with Crippen LogP contribution in [0.2, 0.25) is 10.0 Å². The highest BCUT2D eigenvalue weighted by Gasteiger charge is 2.25. The molecule has 0 heterocycles. The van der Waals surface area contributed by atoms with E-state index in [9.17, 15) is 28.8 Å². The molecule has 0 radical (unpaired) electrons. The maximum absolute atomic E-state index is 12.8. The Morgan fingerprint density at radius 2 is 1.44 bits per heavy atom. The van der Waals surface area contributed by atoms with Crippen LogP contribution in [-0.4, -0.2) is 79.3 Å². The van der Waals surface area contributed by atoms with Gasteiger partial charge in [0.15, 0.2) is 0 Å². The van der Waals surface area contributed by atoms with E-state index in [1.807, 2.05) is 0 Å². The summed E-state index contributed by atoms with van der Waals surface area (Å²) in [5, 5.41) is 12.5. The number of methoxy groups -OCH3 is 1. The zero-order valence-corrected chi connectivity index (χ0v) is 28.9. The number of nitrogens with one attached hydrogen (secondary N) is 5. The van der Waals surface area contributed by atoms with Crippen molar-refractivity contribution in [3.8, 4) is 0 Å². The molecule has 0 saturated carbocycles. The van der Waals surface area contributed by atoms with Crippen LogP contribution < -0.4 is 26.6 Å². The van der Waals surface area contributed by atoms with E-state index in [2.05, 4.69) is 31.6 Å². The van der Waals surface area contributed by atoms with Crippen LogP contribution in [0.25, 0.3) is 0 Å². The lowest BCUT2D eigenvalue weighted by Gasteiger charge is -2.21. The van der Waals surface area contributed by atoms with Gasteiger partial charge < -0.3 is 35.5 Å². The van der Waals surface area contributed by atoms with Crippen LogP contribution in [0.3, 0.4) is 0 Å². The maximum atomic E-state index is 12.8. The van der Waals surface area contributed by atoms with Crippen molar-refractivity contribution >= 4 is 70.7 Å². The fourth-order valence-corrected chi connectivity index (χ4v) is 4.13. The number of alkyl carbamates (subject to hydrolysis) is 1. The van der Waals surface area contributed by atoms with Gasteiger partial charge in [-0.15, -0.1) is 4.99 Å². The Balaban J connectivity index is 2.06. The van der Waals surface area contributed by atoms with E-state index in [-0.39, 0.29) is 39.4 Å². The van der Waals surface area contributed by atoms with Gasteiger partial charge in [0.1, 0.15) is 17.2 Å². The van der Waals surface area contributed by atoms with Gasteiger partial charge in [-0.05, 0) is 71.9 Å². The van der Waals surface area contributed by atoms with Crippen LogP contribution in [0, 0.1) is 0 Å². The van der Waals surface area contributed by atoms with Gasteiger partial charge in [-0.25, -0.2) is 14.4 Å². The Hall–Kier alpha value is -4.89. The van der Waals surface area contributed by atoms with Gasteiger partial charge in [-0.2, -0.15) is 0 Å². The molecule has 2 aromatic carbocycles. The fraction of sp³-hybridized carbons (Fsp3) is 0.387. The topological polar surface area (TPSA) is 203 Å². The van der Waals surface area contributed by atoms with Crippen LogP contribution in [0.15, 0.2) is 47.5 Å². The van der Waals surface area contributed by atoms with E-state index >= 15 is 0 Å². The van der Waals surface area contributed by atoms with Crippen LogP contribution in [0.1, 0.15) is 62.3 Å². The number of amides is 5. The van der Waals surface area contributed by atoms with E-state index in [4.69, 9.17) is 37.4 Å². The maximum Gasteiger partial charge on any atom is 0.437 e. The molecule has 0 spiro atoms. The number of aliphatic imine (C=N–C) groups is 1. The summed E-state index contributed by atoms with van der Waals surface area (Å²) in [6.45, 7) is 9.02. The van der Waals surface area contributed by atoms with Gasteiger partial charge in [0.05, 0.1) is 29.3 Å². The third-order valence-corrected chi connectivity index (χ3v) is 6.13. The van der Waals surface area contributed by atoms with E-state index in [0.29, 0.717) is 0 Å². The normalized spacial score (nSPS) is 12.1. The number of guanidine groups is 1. The number of nitrogens with zero attached hydrogens (tertiary/aromatic N) is 1. The summed E-state index contributed by atoms with van der Waals surface area (Å²) in [7, 11) is 1.11.